The number of nitrogens with zero attached hydrogens (tertiary/aromatic N) is 1. The van der Waals surface area contributed by atoms with Crippen molar-refractivity contribution in [3.63, 3.8) is 0 Å². The Kier molecular flexibility index (Phi) is 7.76. The predicted molar refractivity (Wildman–Crippen MR) is 131 cm³/mol. The van der Waals surface area contributed by atoms with Crippen LogP contribution in [0.4, 0.5) is 5.69 Å². The molecule has 0 bridgehead atoms. The van der Waals surface area contributed by atoms with E-state index < -0.39 is 15.9 Å². The summed E-state index contributed by atoms with van der Waals surface area (Å²) in [5.74, 6) is 0.367. The van der Waals surface area contributed by atoms with Crippen LogP contribution in [0.15, 0.2) is 71.6 Å². The molecule has 0 saturated heterocycles. The monoisotopic (exact) mass is 466 g/mol. The molecule has 1 amide bonds. The van der Waals surface area contributed by atoms with Crippen molar-refractivity contribution in [2.45, 2.75) is 32.6 Å². The number of hydrogen-bond donors (Lipinski definition) is 1. The van der Waals surface area contributed by atoms with Gasteiger partial charge in [-0.15, -0.1) is 0 Å². The van der Waals surface area contributed by atoms with Gasteiger partial charge in [0, 0.05) is 0 Å². The summed E-state index contributed by atoms with van der Waals surface area (Å²) in [5, 5.41) is 2.77. The maximum Gasteiger partial charge on any atom is 0.264 e. The Morgan fingerprint density at radius 1 is 0.879 bits per heavy atom. The molecule has 0 saturated carbocycles. The number of rotatable bonds is 9. The molecule has 0 radical (unpaired) electrons. The van der Waals surface area contributed by atoms with Crippen LogP contribution in [-0.2, 0) is 14.8 Å². The molecular weight excluding hydrogens is 436 g/mol. The van der Waals surface area contributed by atoms with Crippen LogP contribution in [0, 0.1) is 27.7 Å². The summed E-state index contributed by atoms with van der Waals surface area (Å²) >= 11 is 0. The van der Waals surface area contributed by atoms with E-state index in [1.807, 2.05) is 58.0 Å². The quantitative estimate of drug-likeness (QED) is 0.477. The summed E-state index contributed by atoms with van der Waals surface area (Å²) in [5.41, 5.74) is 4.30. The second kappa shape index (κ2) is 10.5. The molecule has 6 nitrogen and oxygen atoms in total. The summed E-state index contributed by atoms with van der Waals surface area (Å²) in [6.45, 7) is 7.88. The van der Waals surface area contributed by atoms with Crippen molar-refractivity contribution in [2.24, 2.45) is 0 Å². The van der Waals surface area contributed by atoms with E-state index in [1.165, 1.54) is 0 Å². The van der Waals surface area contributed by atoms with Gasteiger partial charge in [0.15, 0.2) is 0 Å². The minimum absolute atomic E-state index is 0.141. The van der Waals surface area contributed by atoms with Gasteiger partial charge in [0.1, 0.15) is 18.9 Å². The molecule has 0 aromatic heterocycles. The van der Waals surface area contributed by atoms with Crippen molar-refractivity contribution < 1.29 is 17.9 Å². The van der Waals surface area contributed by atoms with E-state index in [-0.39, 0.29) is 24.6 Å². The van der Waals surface area contributed by atoms with E-state index in [0.717, 1.165) is 32.3 Å². The summed E-state index contributed by atoms with van der Waals surface area (Å²) in [7, 11) is -3.93. The third-order valence-corrected chi connectivity index (χ3v) is 7.08. The first-order chi connectivity index (χ1) is 15.7. The maximum absolute atomic E-state index is 13.4. The highest BCUT2D eigenvalue weighted by Crippen LogP contribution is 2.26. The van der Waals surface area contributed by atoms with E-state index in [0.29, 0.717) is 5.69 Å². The minimum atomic E-state index is -3.93. The number of sulfonamides is 1. The van der Waals surface area contributed by atoms with Crippen molar-refractivity contribution in [1.82, 2.24) is 5.32 Å². The topological polar surface area (TPSA) is 75.7 Å². The average Bonchev–Trinajstić information content (AvgIpc) is 2.78. The van der Waals surface area contributed by atoms with Gasteiger partial charge in [0.2, 0.25) is 5.91 Å². The van der Waals surface area contributed by atoms with Crippen molar-refractivity contribution >= 4 is 21.6 Å². The number of ether oxygens (including phenoxy) is 1. The van der Waals surface area contributed by atoms with Crippen molar-refractivity contribution in [3.05, 3.63) is 89.0 Å². The number of hydrogen-bond acceptors (Lipinski definition) is 4. The highest BCUT2D eigenvalue weighted by Gasteiger charge is 2.28. The molecule has 33 heavy (non-hydrogen) atoms. The number of benzene rings is 3. The smallest absolute Gasteiger partial charge is 0.264 e. The number of carbonyl (C=O) groups is 1. The van der Waals surface area contributed by atoms with Gasteiger partial charge in [0.05, 0.1) is 17.1 Å². The first kappa shape index (κ1) is 24.3. The largest absolute Gasteiger partial charge is 0.491 e. The molecular formula is C26H30N2O4S. The molecule has 3 aromatic carbocycles. The van der Waals surface area contributed by atoms with Crippen molar-refractivity contribution in [3.8, 4) is 5.75 Å². The van der Waals surface area contributed by atoms with Crippen molar-refractivity contribution in [2.75, 3.05) is 24.0 Å². The molecule has 0 aliphatic heterocycles. The SMILES string of the molecule is Cc1ccc(S(=O)(=O)N(CC(=O)NCCOc2cc(C)ccc2C)c2ccccc2C)cc1. The molecule has 0 aliphatic carbocycles. The molecule has 3 aromatic rings. The second-order valence-corrected chi connectivity index (χ2v) is 9.94. The van der Waals surface area contributed by atoms with E-state index in [9.17, 15) is 13.2 Å². The summed E-state index contributed by atoms with van der Waals surface area (Å²) in [4.78, 5) is 12.9. The van der Waals surface area contributed by atoms with E-state index in [4.69, 9.17) is 4.74 Å². The maximum atomic E-state index is 13.4. The van der Waals surface area contributed by atoms with Gasteiger partial charge >= 0.3 is 0 Å². The van der Waals surface area contributed by atoms with Crippen LogP contribution in [0.2, 0.25) is 0 Å². The fraction of sp³-hybridized carbons (Fsp3) is 0.269. The molecule has 174 valence electrons. The first-order valence-corrected chi connectivity index (χ1v) is 12.2. The van der Waals surface area contributed by atoms with Gasteiger partial charge in [-0.25, -0.2) is 8.42 Å². The van der Waals surface area contributed by atoms with Crippen LogP contribution in [0.25, 0.3) is 0 Å². The zero-order valence-electron chi connectivity index (χ0n) is 19.5. The summed E-state index contributed by atoms with van der Waals surface area (Å²) in [6, 6.07) is 19.7. The van der Waals surface area contributed by atoms with Crippen LogP contribution in [-0.4, -0.2) is 34.0 Å². The normalized spacial score (nSPS) is 11.2. The van der Waals surface area contributed by atoms with Gasteiger partial charge in [-0.2, -0.15) is 0 Å². The van der Waals surface area contributed by atoms with E-state index in [1.54, 1.807) is 36.4 Å². The number of aryl methyl sites for hydroxylation is 4. The lowest BCUT2D eigenvalue weighted by atomic mass is 10.1. The number of anilines is 1. The minimum Gasteiger partial charge on any atom is -0.491 e. The predicted octanol–water partition coefficient (Wildman–Crippen LogP) is 4.31. The Balaban J connectivity index is 1.72. The Morgan fingerprint density at radius 3 is 2.24 bits per heavy atom. The van der Waals surface area contributed by atoms with E-state index in [2.05, 4.69) is 5.32 Å². The molecule has 3 rings (SSSR count). The Hall–Kier alpha value is -3.32. The third-order valence-electron chi connectivity index (χ3n) is 5.31. The average molecular weight is 467 g/mol. The number of nitrogens with one attached hydrogen (secondary N) is 1. The fourth-order valence-corrected chi connectivity index (χ4v) is 4.87. The fourth-order valence-electron chi connectivity index (χ4n) is 3.38. The Morgan fingerprint density at radius 2 is 1.55 bits per heavy atom. The lowest BCUT2D eigenvalue weighted by molar-refractivity contribution is -0.119. The van der Waals surface area contributed by atoms with Gasteiger partial charge in [-0.3, -0.25) is 9.10 Å². The van der Waals surface area contributed by atoms with Crippen LogP contribution in [0.1, 0.15) is 22.3 Å². The van der Waals surface area contributed by atoms with Gasteiger partial charge < -0.3 is 10.1 Å². The van der Waals surface area contributed by atoms with Crippen LogP contribution in [0.5, 0.6) is 5.75 Å². The van der Waals surface area contributed by atoms with Crippen LogP contribution >= 0.6 is 0 Å². The number of carbonyl (C=O) groups excluding carboxylic acids is 1. The molecule has 7 heteroatoms. The molecule has 1 N–H and O–H groups in total. The van der Waals surface area contributed by atoms with Crippen LogP contribution < -0.4 is 14.4 Å². The molecule has 0 atom stereocenters. The van der Waals surface area contributed by atoms with Gasteiger partial charge in [-0.1, -0.05) is 48.0 Å². The molecule has 0 aliphatic rings. The van der Waals surface area contributed by atoms with Crippen LogP contribution in [0.3, 0.4) is 0 Å². The lowest BCUT2D eigenvalue weighted by Crippen LogP contribution is -2.42. The zero-order chi connectivity index (χ0) is 24.0. The number of amides is 1. The van der Waals surface area contributed by atoms with Crippen molar-refractivity contribution in [1.29, 1.82) is 0 Å². The first-order valence-electron chi connectivity index (χ1n) is 10.8. The second-order valence-electron chi connectivity index (χ2n) is 8.08. The number of para-hydroxylation sites is 1. The summed E-state index contributed by atoms with van der Waals surface area (Å²) in [6.07, 6.45) is 0. The highest BCUT2D eigenvalue weighted by molar-refractivity contribution is 7.92. The van der Waals surface area contributed by atoms with Gasteiger partial charge in [0.25, 0.3) is 10.0 Å². The third kappa shape index (κ3) is 6.14. The highest BCUT2D eigenvalue weighted by atomic mass is 32.2. The Labute approximate surface area is 196 Å². The van der Waals surface area contributed by atoms with Gasteiger partial charge in [-0.05, 0) is 68.7 Å². The molecule has 0 unspecified atom stereocenters. The molecule has 0 spiro atoms. The lowest BCUT2D eigenvalue weighted by Gasteiger charge is -2.25. The zero-order valence-corrected chi connectivity index (χ0v) is 20.3. The van der Waals surface area contributed by atoms with E-state index >= 15 is 0 Å². The standard InChI is InChI=1S/C26H30N2O4S/c1-19-10-13-23(14-11-19)33(30,31)28(24-8-6-5-7-21(24)3)18-26(29)27-15-16-32-25-17-20(2)9-12-22(25)4/h5-14,17H,15-16,18H2,1-4H3,(H,27,29). The molecule has 0 heterocycles. The summed E-state index contributed by atoms with van der Waals surface area (Å²) < 4.78 is 33.8. The Bertz CT molecular complexity index is 1220. The molecule has 0 fully saturated rings.